The van der Waals surface area contributed by atoms with Crippen LogP contribution in [0.4, 0.5) is 4.39 Å². The maximum atomic E-state index is 13.7. The van der Waals surface area contributed by atoms with Crippen LogP contribution in [0.3, 0.4) is 0 Å². The number of halogens is 2. The molecule has 18 heavy (non-hydrogen) atoms. The minimum atomic E-state index is -1.33. The number of hydrogen-bond donors (Lipinski definition) is 1. The Labute approximate surface area is 109 Å². The number of aromatic carboxylic acids is 1. The Bertz CT molecular complexity index is 623. The van der Waals surface area contributed by atoms with E-state index in [1.165, 1.54) is 0 Å². The molecule has 2 rings (SSSR count). The van der Waals surface area contributed by atoms with E-state index in [-0.39, 0.29) is 5.02 Å². The molecule has 0 unspecified atom stereocenters. The average molecular weight is 265 g/mol. The molecule has 2 aromatic rings. The fourth-order valence-corrected chi connectivity index (χ4v) is 2.06. The molecule has 0 saturated carbocycles. The molecule has 2 nitrogen and oxygen atoms in total. The van der Waals surface area contributed by atoms with Gasteiger partial charge in [0.1, 0.15) is 5.82 Å². The molecule has 0 aliphatic rings. The Balaban J connectivity index is 2.64. The molecule has 0 aliphatic heterocycles. The number of aryl methyl sites for hydroxylation is 1. The topological polar surface area (TPSA) is 37.3 Å². The average Bonchev–Trinajstić information content (AvgIpc) is 2.32. The standard InChI is InChI=1S/C14H10ClFO2/c1-8-4-2-3-5-9(8)10-7-13(16)11(14(17)18)6-12(10)15/h2-7H,1H3,(H,17,18). The summed E-state index contributed by atoms with van der Waals surface area (Å²) in [5.74, 6) is -2.11. The third-order valence-corrected chi connectivity index (χ3v) is 3.04. The predicted molar refractivity (Wildman–Crippen MR) is 68.5 cm³/mol. The van der Waals surface area contributed by atoms with Crippen molar-refractivity contribution in [3.63, 3.8) is 0 Å². The number of hydrogen-bond acceptors (Lipinski definition) is 1. The van der Waals surface area contributed by atoms with Crippen LogP contribution in [0.2, 0.25) is 5.02 Å². The lowest BCUT2D eigenvalue weighted by Gasteiger charge is -2.09. The van der Waals surface area contributed by atoms with Crippen LogP contribution < -0.4 is 0 Å². The molecule has 92 valence electrons. The summed E-state index contributed by atoms with van der Waals surface area (Å²) in [4.78, 5) is 10.8. The van der Waals surface area contributed by atoms with Gasteiger partial charge in [0.15, 0.2) is 0 Å². The lowest BCUT2D eigenvalue weighted by Crippen LogP contribution is -2.01. The fraction of sp³-hybridized carbons (Fsp3) is 0.0714. The Morgan fingerprint density at radius 3 is 2.50 bits per heavy atom. The van der Waals surface area contributed by atoms with E-state index < -0.39 is 17.3 Å². The molecule has 0 fully saturated rings. The van der Waals surface area contributed by atoms with E-state index >= 15 is 0 Å². The highest BCUT2D eigenvalue weighted by Gasteiger charge is 2.15. The molecule has 0 heterocycles. The second-order valence-electron chi connectivity index (χ2n) is 3.93. The van der Waals surface area contributed by atoms with E-state index in [1.54, 1.807) is 0 Å². The van der Waals surface area contributed by atoms with Gasteiger partial charge in [-0.05, 0) is 30.2 Å². The maximum Gasteiger partial charge on any atom is 0.338 e. The van der Waals surface area contributed by atoms with Crippen LogP contribution in [-0.4, -0.2) is 11.1 Å². The molecule has 0 atom stereocenters. The van der Waals surface area contributed by atoms with Crippen molar-refractivity contribution >= 4 is 17.6 Å². The van der Waals surface area contributed by atoms with Crippen LogP contribution >= 0.6 is 11.6 Å². The number of benzene rings is 2. The van der Waals surface area contributed by atoms with E-state index in [2.05, 4.69) is 0 Å². The molecule has 0 saturated heterocycles. The molecule has 0 aromatic heterocycles. The summed E-state index contributed by atoms with van der Waals surface area (Å²) >= 11 is 6.02. The van der Waals surface area contributed by atoms with E-state index in [9.17, 15) is 9.18 Å². The fourth-order valence-electron chi connectivity index (χ4n) is 1.79. The highest BCUT2D eigenvalue weighted by Crippen LogP contribution is 2.32. The molecular weight excluding hydrogens is 255 g/mol. The maximum absolute atomic E-state index is 13.7. The largest absolute Gasteiger partial charge is 0.478 e. The second-order valence-corrected chi connectivity index (χ2v) is 4.34. The first-order chi connectivity index (χ1) is 8.50. The zero-order valence-corrected chi connectivity index (χ0v) is 10.3. The predicted octanol–water partition coefficient (Wildman–Crippen LogP) is 4.15. The summed E-state index contributed by atoms with van der Waals surface area (Å²) < 4.78 is 13.7. The van der Waals surface area contributed by atoms with Gasteiger partial charge in [-0.1, -0.05) is 35.9 Å². The summed E-state index contributed by atoms with van der Waals surface area (Å²) in [6, 6.07) is 9.69. The van der Waals surface area contributed by atoms with Crippen molar-refractivity contribution in [3.05, 3.63) is 58.4 Å². The quantitative estimate of drug-likeness (QED) is 0.885. The Morgan fingerprint density at radius 1 is 1.22 bits per heavy atom. The Morgan fingerprint density at radius 2 is 1.89 bits per heavy atom. The van der Waals surface area contributed by atoms with Crippen molar-refractivity contribution in [1.29, 1.82) is 0 Å². The lowest BCUT2D eigenvalue weighted by atomic mass is 9.99. The third-order valence-electron chi connectivity index (χ3n) is 2.72. The lowest BCUT2D eigenvalue weighted by molar-refractivity contribution is 0.0692. The van der Waals surface area contributed by atoms with Gasteiger partial charge < -0.3 is 5.11 Å². The van der Waals surface area contributed by atoms with E-state index in [4.69, 9.17) is 16.7 Å². The molecule has 0 amide bonds. The zero-order valence-electron chi connectivity index (χ0n) is 9.58. The van der Waals surface area contributed by atoms with E-state index in [0.29, 0.717) is 5.56 Å². The van der Waals surface area contributed by atoms with Crippen molar-refractivity contribution < 1.29 is 14.3 Å². The summed E-state index contributed by atoms with van der Waals surface area (Å²) in [6.07, 6.45) is 0. The first kappa shape index (κ1) is 12.6. The SMILES string of the molecule is Cc1ccccc1-c1cc(F)c(C(=O)O)cc1Cl. The summed E-state index contributed by atoms with van der Waals surface area (Å²) in [7, 11) is 0. The number of carbonyl (C=O) groups is 1. The summed E-state index contributed by atoms with van der Waals surface area (Å²) in [5, 5.41) is 9.03. The molecule has 0 spiro atoms. The first-order valence-electron chi connectivity index (χ1n) is 5.29. The van der Waals surface area contributed by atoms with Crippen LogP contribution in [0, 0.1) is 12.7 Å². The molecule has 1 N–H and O–H groups in total. The Hall–Kier alpha value is -1.87. The third kappa shape index (κ3) is 2.22. The van der Waals surface area contributed by atoms with E-state index in [0.717, 1.165) is 23.3 Å². The number of carboxylic acids is 1. The first-order valence-corrected chi connectivity index (χ1v) is 5.67. The highest BCUT2D eigenvalue weighted by molar-refractivity contribution is 6.33. The smallest absolute Gasteiger partial charge is 0.338 e. The molecule has 0 bridgehead atoms. The van der Waals surface area contributed by atoms with Gasteiger partial charge >= 0.3 is 5.97 Å². The van der Waals surface area contributed by atoms with Crippen molar-refractivity contribution in [2.45, 2.75) is 6.92 Å². The summed E-state index contributed by atoms with van der Waals surface area (Å²) in [6.45, 7) is 1.88. The molecule has 4 heteroatoms. The van der Waals surface area contributed by atoms with Gasteiger partial charge in [-0.3, -0.25) is 0 Å². The van der Waals surface area contributed by atoms with Crippen molar-refractivity contribution in [2.24, 2.45) is 0 Å². The van der Waals surface area contributed by atoms with Crippen LogP contribution in [0.1, 0.15) is 15.9 Å². The molecule has 2 aromatic carbocycles. The van der Waals surface area contributed by atoms with Gasteiger partial charge in [-0.15, -0.1) is 0 Å². The molecular formula is C14H10ClFO2. The van der Waals surface area contributed by atoms with Crippen LogP contribution in [-0.2, 0) is 0 Å². The van der Waals surface area contributed by atoms with Gasteiger partial charge in [0.2, 0.25) is 0 Å². The van der Waals surface area contributed by atoms with Crippen LogP contribution in [0.5, 0.6) is 0 Å². The molecule has 0 radical (unpaired) electrons. The van der Waals surface area contributed by atoms with Gasteiger partial charge in [-0.2, -0.15) is 0 Å². The minimum Gasteiger partial charge on any atom is -0.478 e. The van der Waals surface area contributed by atoms with Gasteiger partial charge in [0.05, 0.1) is 5.56 Å². The van der Waals surface area contributed by atoms with Gasteiger partial charge in [0, 0.05) is 10.6 Å². The molecule has 0 aliphatic carbocycles. The van der Waals surface area contributed by atoms with Crippen molar-refractivity contribution in [1.82, 2.24) is 0 Å². The van der Waals surface area contributed by atoms with Crippen LogP contribution in [0.15, 0.2) is 36.4 Å². The number of rotatable bonds is 2. The van der Waals surface area contributed by atoms with Crippen molar-refractivity contribution in [3.8, 4) is 11.1 Å². The van der Waals surface area contributed by atoms with Gasteiger partial charge in [0.25, 0.3) is 0 Å². The summed E-state index contributed by atoms with van der Waals surface area (Å²) in [5.41, 5.74) is 1.81. The van der Waals surface area contributed by atoms with Gasteiger partial charge in [-0.25, -0.2) is 9.18 Å². The van der Waals surface area contributed by atoms with Crippen molar-refractivity contribution in [2.75, 3.05) is 0 Å². The minimum absolute atomic E-state index is 0.225. The highest BCUT2D eigenvalue weighted by atomic mass is 35.5. The monoisotopic (exact) mass is 264 g/mol. The second kappa shape index (κ2) is 4.78. The Kier molecular flexibility index (Phi) is 3.34. The normalized spacial score (nSPS) is 10.4. The number of carboxylic acid groups (broad SMARTS) is 1. The van der Waals surface area contributed by atoms with E-state index in [1.807, 2.05) is 31.2 Å². The van der Waals surface area contributed by atoms with Crippen LogP contribution in [0.25, 0.3) is 11.1 Å². The zero-order chi connectivity index (χ0) is 13.3.